The van der Waals surface area contributed by atoms with E-state index in [4.69, 9.17) is 37.4 Å². The number of benzene rings is 2. The first-order valence-electron chi connectivity index (χ1n) is 8.96. The lowest BCUT2D eigenvalue weighted by molar-refractivity contribution is -0.00983. The second-order valence-corrected chi connectivity index (χ2v) is 7.24. The number of ether oxygens (including phenoxy) is 3. The Balaban J connectivity index is 1.98. The molecular weight excluding hydrogens is 417 g/mol. The maximum atomic E-state index is 9.61. The van der Waals surface area contributed by atoms with Crippen LogP contribution in [0.5, 0.6) is 11.5 Å². The molecule has 2 heterocycles. The van der Waals surface area contributed by atoms with Crippen LogP contribution in [0, 0.1) is 0 Å². The number of para-hydroxylation sites is 1. The largest absolute Gasteiger partial charge is 0.493 e. The lowest BCUT2D eigenvalue weighted by atomic mass is 9.98. The summed E-state index contributed by atoms with van der Waals surface area (Å²) in [7, 11) is 3.16. The molecule has 0 unspecified atom stereocenters. The minimum absolute atomic E-state index is 0.0891. The number of methoxy groups -OCH3 is 2. The third kappa shape index (κ3) is 3.44. The number of rotatable bonds is 5. The zero-order chi connectivity index (χ0) is 20.5. The van der Waals surface area contributed by atoms with Gasteiger partial charge in [0, 0.05) is 29.2 Å². The average molecular weight is 436 g/mol. The van der Waals surface area contributed by atoms with Crippen molar-refractivity contribution in [3.63, 3.8) is 0 Å². The summed E-state index contributed by atoms with van der Waals surface area (Å²) < 4.78 is 19.3. The third-order valence-corrected chi connectivity index (χ3v) is 5.34. The second-order valence-electron chi connectivity index (χ2n) is 6.47. The van der Waals surface area contributed by atoms with Crippen LogP contribution < -0.4 is 9.47 Å². The SMILES string of the molecule is COc1cccc([C@H]2O[C@H](CCO)c3nnc(Cl)n3-c3ccc(Cl)cc32)c1OC. The predicted octanol–water partition coefficient (Wildman–Crippen LogP) is 4.13. The van der Waals surface area contributed by atoms with Crippen LogP contribution in [0.3, 0.4) is 0 Å². The Hall–Kier alpha value is -2.32. The Morgan fingerprint density at radius 2 is 1.93 bits per heavy atom. The van der Waals surface area contributed by atoms with E-state index in [9.17, 15) is 5.11 Å². The molecule has 0 saturated heterocycles. The number of fused-ring (bicyclic) bond motifs is 3. The Bertz CT molecular complexity index is 1040. The van der Waals surface area contributed by atoms with Gasteiger partial charge in [-0.1, -0.05) is 23.7 Å². The monoisotopic (exact) mass is 435 g/mol. The molecule has 0 aliphatic carbocycles. The number of halogens is 2. The van der Waals surface area contributed by atoms with Gasteiger partial charge >= 0.3 is 0 Å². The van der Waals surface area contributed by atoms with Crippen LogP contribution >= 0.6 is 23.2 Å². The number of hydrogen-bond acceptors (Lipinski definition) is 6. The standard InChI is InChI=1S/C20H19Cl2N3O4/c1-27-15-5-3-4-12(18(15)28-2)17-13-10-11(21)6-7-14(13)25-19(23-24-20(25)22)16(29-17)8-9-26/h3-7,10,16-17,26H,8-9H2,1-2H3/t16-,17-/m1/s1. The molecule has 9 heteroatoms. The van der Waals surface area contributed by atoms with Crippen molar-refractivity contribution < 1.29 is 19.3 Å². The molecule has 0 spiro atoms. The van der Waals surface area contributed by atoms with E-state index in [-0.39, 0.29) is 11.9 Å². The number of hydrogen-bond donors (Lipinski definition) is 1. The van der Waals surface area contributed by atoms with Gasteiger partial charge in [0.25, 0.3) is 0 Å². The van der Waals surface area contributed by atoms with Crippen LogP contribution in [0.4, 0.5) is 0 Å². The van der Waals surface area contributed by atoms with Crippen LogP contribution in [0.1, 0.15) is 35.6 Å². The lowest BCUT2D eigenvalue weighted by Gasteiger charge is -2.24. The molecule has 0 fully saturated rings. The molecule has 3 aromatic rings. The molecular formula is C20H19Cl2N3O4. The van der Waals surface area contributed by atoms with Gasteiger partial charge in [0.15, 0.2) is 17.3 Å². The summed E-state index contributed by atoms with van der Waals surface area (Å²) in [5.74, 6) is 1.65. The highest BCUT2D eigenvalue weighted by atomic mass is 35.5. The Morgan fingerprint density at radius 1 is 1.10 bits per heavy atom. The van der Waals surface area contributed by atoms with Crippen molar-refractivity contribution in [3.05, 3.63) is 63.7 Å². The number of nitrogens with zero attached hydrogens (tertiary/aromatic N) is 3. The first kappa shape index (κ1) is 20.0. The Kier molecular flexibility index (Phi) is 5.65. The van der Waals surface area contributed by atoms with Gasteiger partial charge in [-0.3, -0.25) is 4.57 Å². The first-order chi connectivity index (χ1) is 14.1. The van der Waals surface area contributed by atoms with Crippen LogP contribution in [0.25, 0.3) is 5.69 Å². The van der Waals surface area contributed by atoms with E-state index in [1.807, 2.05) is 30.3 Å². The van der Waals surface area contributed by atoms with Crippen LogP contribution in [0.2, 0.25) is 10.3 Å². The summed E-state index contributed by atoms with van der Waals surface area (Å²) >= 11 is 12.7. The van der Waals surface area contributed by atoms with Gasteiger partial charge in [-0.05, 0) is 35.9 Å². The molecule has 7 nitrogen and oxygen atoms in total. The quantitative estimate of drug-likeness (QED) is 0.648. The van der Waals surface area contributed by atoms with Crippen molar-refractivity contribution in [2.75, 3.05) is 20.8 Å². The summed E-state index contributed by atoms with van der Waals surface area (Å²) in [5.41, 5.74) is 2.27. The van der Waals surface area contributed by atoms with Gasteiger partial charge in [-0.2, -0.15) is 0 Å². The van der Waals surface area contributed by atoms with Crippen LogP contribution in [-0.4, -0.2) is 40.7 Å². The van der Waals surface area contributed by atoms with Gasteiger partial charge in [0.1, 0.15) is 12.2 Å². The van der Waals surface area contributed by atoms with E-state index in [0.717, 1.165) is 16.8 Å². The highest BCUT2D eigenvalue weighted by molar-refractivity contribution is 6.30. The van der Waals surface area contributed by atoms with Gasteiger partial charge in [-0.25, -0.2) is 0 Å². The van der Waals surface area contributed by atoms with E-state index >= 15 is 0 Å². The molecule has 1 N–H and O–H groups in total. The average Bonchev–Trinajstić information content (AvgIpc) is 3.05. The van der Waals surface area contributed by atoms with Crippen LogP contribution in [0.15, 0.2) is 36.4 Å². The van der Waals surface area contributed by atoms with Gasteiger partial charge in [0.05, 0.1) is 19.9 Å². The van der Waals surface area contributed by atoms with Crippen molar-refractivity contribution in [3.8, 4) is 17.2 Å². The molecule has 0 amide bonds. The van der Waals surface area contributed by atoms with Gasteiger partial charge in [0.2, 0.25) is 5.28 Å². The van der Waals surface area contributed by atoms with Crippen LogP contribution in [-0.2, 0) is 4.74 Å². The minimum atomic E-state index is -0.567. The molecule has 4 rings (SSSR count). The van der Waals surface area contributed by atoms with E-state index < -0.39 is 12.2 Å². The maximum absolute atomic E-state index is 9.61. The highest BCUT2D eigenvalue weighted by Gasteiger charge is 2.35. The zero-order valence-corrected chi connectivity index (χ0v) is 17.3. The minimum Gasteiger partial charge on any atom is -0.493 e. The Morgan fingerprint density at radius 3 is 2.66 bits per heavy atom. The van der Waals surface area contributed by atoms with E-state index in [2.05, 4.69) is 10.2 Å². The molecule has 1 aliphatic heterocycles. The summed E-state index contributed by atoms with van der Waals surface area (Å²) in [5, 5.41) is 18.5. The van der Waals surface area contributed by atoms with Crippen molar-refractivity contribution in [1.29, 1.82) is 0 Å². The second kappa shape index (κ2) is 8.20. The van der Waals surface area contributed by atoms with E-state index in [0.29, 0.717) is 28.8 Å². The normalized spacial score (nSPS) is 18.0. The lowest BCUT2D eigenvalue weighted by Crippen LogP contribution is -2.13. The molecule has 1 aliphatic rings. The molecule has 0 bridgehead atoms. The number of aromatic nitrogens is 3. The van der Waals surface area contributed by atoms with Crippen molar-refractivity contribution in [1.82, 2.24) is 14.8 Å². The molecule has 0 radical (unpaired) electrons. The predicted molar refractivity (Wildman–Crippen MR) is 108 cm³/mol. The topological polar surface area (TPSA) is 78.6 Å². The molecule has 1 aromatic heterocycles. The van der Waals surface area contributed by atoms with Crippen molar-refractivity contribution in [2.45, 2.75) is 18.6 Å². The molecule has 29 heavy (non-hydrogen) atoms. The van der Waals surface area contributed by atoms with E-state index in [1.165, 1.54) is 0 Å². The molecule has 2 aromatic carbocycles. The fraction of sp³-hybridized carbons (Fsp3) is 0.300. The third-order valence-electron chi connectivity index (χ3n) is 4.86. The maximum Gasteiger partial charge on any atom is 0.229 e. The fourth-order valence-corrected chi connectivity index (χ4v) is 4.01. The Labute approximate surface area is 177 Å². The smallest absolute Gasteiger partial charge is 0.229 e. The summed E-state index contributed by atoms with van der Waals surface area (Å²) in [6.07, 6.45) is -0.797. The number of aliphatic hydroxyl groups excluding tert-OH is 1. The molecule has 152 valence electrons. The summed E-state index contributed by atoms with van der Waals surface area (Å²) in [6, 6.07) is 11.0. The van der Waals surface area contributed by atoms with Gasteiger partial charge in [-0.15, -0.1) is 10.2 Å². The van der Waals surface area contributed by atoms with Crippen molar-refractivity contribution in [2.24, 2.45) is 0 Å². The highest BCUT2D eigenvalue weighted by Crippen LogP contribution is 2.46. The molecule has 0 saturated carbocycles. The van der Waals surface area contributed by atoms with Gasteiger partial charge < -0.3 is 19.3 Å². The molecule has 2 atom stereocenters. The first-order valence-corrected chi connectivity index (χ1v) is 9.72. The van der Waals surface area contributed by atoms with E-state index in [1.54, 1.807) is 24.9 Å². The fourth-order valence-electron chi connectivity index (χ4n) is 3.62. The zero-order valence-electron chi connectivity index (χ0n) is 15.8. The number of aliphatic hydroxyl groups is 1. The summed E-state index contributed by atoms with van der Waals surface area (Å²) in [6.45, 7) is -0.0891. The van der Waals surface area contributed by atoms with Crippen molar-refractivity contribution >= 4 is 23.2 Å². The summed E-state index contributed by atoms with van der Waals surface area (Å²) in [4.78, 5) is 0.